The molecule has 1 saturated carbocycles. The standard InChI is InChI=1S/C25H26F5N3O3/c1-14-32-19-10-20(35-3)21(36-13-24(12-34-2)5-4-6-24)9-17(19)23(33-14)31-11-15-7-16(26)8-18(22(15)27)25(28,29)30/h7-10H,4-6,11-13H2,1-3H3,(H,31,32,33). The number of fused-ring (bicyclic) bond motifs is 1. The lowest BCUT2D eigenvalue weighted by atomic mass is 9.70. The number of ether oxygens (including phenoxy) is 3. The van der Waals surface area contributed by atoms with Crippen molar-refractivity contribution in [3.05, 3.63) is 52.9 Å². The molecule has 1 N–H and O–H groups in total. The maximum absolute atomic E-state index is 14.5. The van der Waals surface area contributed by atoms with Gasteiger partial charge in [0, 0.05) is 36.1 Å². The summed E-state index contributed by atoms with van der Waals surface area (Å²) in [6.45, 7) is 2.18. The highest BCUT2D eigenvalue weighted by atomic mass is 19.4. The van der Waals surface area contributed by atoms with Crippen LogP contribution >= 0.6 is 0 Å². The number of hydrogen-bond acceptors (Lipinski definition) is 6. The predicted octanol–water partition coefficient (Wildman–Crippen LogP) is 6.05. The maximum atomic E-state index is 14.5. The molecule has 3 aromatic rings. The van der Waals surface area contributed by atoms with Crippen molar-refractivity contribution in [2.24, 2.45) is 5.41 Å². The van der Waals surface area contributed by atoms with Crippen molar-refractivity contribution in [3.63, 3.8) is 0 Å². The Morgan fingerprint density at radius 1 is 1.00 bits per heavy atom. The molecule has 0 spiro atoms. The third-order valence-corrected chi connectivity index (χ3v) is 6.36. The number of nitrogens with zero attached hydrogens (tertiary/aromatic N) is 2. The minimum Gasteiger partial charge on any atom is -0.493 e. The molecule has 0 amide bonds. The van der Waals surface area contributed by atoms with Crippen LogP contribution in [0, 0.1) is 24.0 Å². The highest BCUT2D eigenvalue weighted by Gasteiger charge is 2.38. The first-order valence-corrected chi connectivity index (χ1v) is 11.3. The summed E-state index contributed by atoms with van der Waals surface area (Å²) in [5.74, 6) is -1.25. The first-order chi connectivity index (χ1) is 17.0. The third-order valence-electron chi connectivity index (χ3n) is 6.36. The van der Waals surface area contributed by atoms with E-state index in [-0.39, 0.29) is 17.3 Å². The van der Waals surface area contributed by atoms with Crippen LogP contribution in [0.4, 0.5) is 27.8 Å². The zero-order chi connectivity index (χ0) is 26.1. The third kappa shape index (κ3) is 5.30. The fourth-order valence-corrected chi connectivity index (χ4v) is 4.36. The Hall–Kier alpha value is -3.21. The van der Waals surface area contributed by atoms with Gasteiger partial charge in [-0.3, -0.25) is 0 Å². The number of rotatable bonds is 9. The van der Waals surface area contributed by atoms with Crippen molar-refractivity contribution >= 4 is 16.7 Å². The molecule has 2 aromatic carbocycles. The van der Waals surface area contributed by atoms with Crippen LogP contribution in [0.15, 0.2) is 24.3 Å². The number of hydrogen-bond donors (Lipinski definition) is 1. The largest absolute Gasteiger partial charge is 0.493 e. The van der Waals surface area contributed by atoms with Gasteiger partial charge in [0.25, 0.3) is 0 Å². The van der Waals surface area contributed by atoms with Crippen LogP contribution in [0.5, 0.6) is 11.5 Å². The van der Waals surface area contributed by atoms with Crippen molar-refractivity contribution in [2.45, 2.75) is 38.9 Å². The van der Waals surface area contributed by atoms with Gasteiger partial charge in [-0.1, -0.05) is 6.42 Å². The number of alkyl halides is 3. The van der Waals surface area contributed by atoms with Crippen LogP contribution in [0.3, 0.4) is 0 Å². The van der Waals surface area contributed by atoms with Gasteiger partial charge in [0.05, 0.1) is 31.4 Å². The van der Waals surface area contributed by atoms with Crippen LogP contribution in [0.25, 0.3) is 10.9 Å². The van der Waals surface area contributed by atoms with Gasteiger partial charge in [-0.2, -0.15) is 13.2 Å². The van der Waals surface area contributed by atoms with Gasteiger partial charge in [0.2, 0.25) is 0 Å². The Balaban J connectivity index is 1.66. The molecule has 0 atom stereocenters. The molecule has 1 aliphatic rings. The molecule has 4 rings (SSSR count). The highest BCUT2D eigenvalue weighted by Crippen LogP contribution is 2.43. The lowest BCUT2D eigenvalue weighted by Crippen LogP contribution is -2.39. The van der Waals surface area contributed by atoms with Gasteiger partial charge in [-0.25, -0.2) is 18.7 Å². The summed E-state index contributed by atoms with van der Waals surface area (Å²) in [5.41, 5.74) is -1.74. The minimum absolute atomic E-state index is 0.0787. The van der Waals surface area contributed by atoms with Crippen molar-refractivity contribution < 1.29 is 36.2 Å². The van der Waals surface area contributed by atoms with E-state index in [4.69, 9.17) is 14.2 Å². The molecule has 0 aliphatic heterocycles. The van der Waals surface area contributed by atoms with Gasteiger partial charge in [0.1, 0.15) is 23.3 Å². The SMILES string of the molecule is COCC1(COc2cc3c(NCc4cc(F)cc(C(F)(F)F)c4F)nc(C)nc3cc2OC)CCC1. The summed E-state index contributed by atoms with van der Waals surface area (Å²) in [7, 11) is 3.15. The van der Waals surface area contributed by atoms with E-state index in [0.29, 0.717) is 41.4 Å². The Labute approximate surface area is 204 Å². The topological polar surface area (TPSA) is 65.5 Å². The first-order valence-electron chi connectivity index (χ1n) is 11.3. The molecule has 0 bridgehead atoms. The number of aryl methyl sites for hydroxylation is 1. The van der Waals surface area contributed by atoms with Gasteiger partial charge < -0.3 is 19.5 Å². The van der Waals surface area contributed by atoms with E-state index in [2.05, 4.69) is 15.3 Å². The van der Waals surface area contributed by atoms with E-state index in [0.717, 1.165) is 25.3 Å². The molecule has 6 nitrogen and oxygen atoms in total. The highest BCUT2D eigenvalue weighted by molar-refractivity contribution is 5.91. The normalized spacial score (nSPS) is 15.0. The number of nitrogens with one attached hydrogen (secondary N) is 1. The molecule has 1 fully saturated rings. The smallest absolute Gasteiger partial charge is 0.419 e. The van der Waals surface area contributed by atoms with E-state index in [1.807, 2.05) is 0 Å². The molecule has 1 aliphatic carbocycles. The lowest BCUT2D eigenvalue weighted by molar-refractivity contribution is -0.140. The van der Waals surface area contributed by atoms with Crippen molar-refractivity contribution in [1.29, 1.82) is 0 Å². The van der Waals surface area contributed by atoms with Gasteiger partial charge in [0.15, 0.2) is 11.5 Å². The zero-order valence-electron chi connectivity index (χ0n) is 20.1. The Morgan fingerprint density at radius 3 is 2.36 bits per heavy atom. The van der Waals surface area contributed by atoms with Crippen molar-refractivity contribution in [2.75, 3.05) is 32.8 Å². The second-order valence-electron chi connectivity index (χ2n) is 8.99. The summed E-state index contributed by atoms with van der Waals surface area (Å²) < 4.78 is 84.6. The van der Waals surface area contributed by atoms with Gasteiger partial charge in [-0.15, -0.1) is 0 Å². The van der Waals surface area contributed by atoms with Gasteiger partial charge in [-0.05, 0) is 38.0 Å². The lowest BCUT2D eigenvalue weighted by Gasteiger charge is -2.40. The average Bonchev–Trinajstić information content (AvgIpc) is 2.79. The fraction of sp³-hybridized carbons (Fsp3) is 0.440. The van der Waals surface area contributed by atoms with E-state index in [1.54, 1.807) is 26.2 Å². The summed E-state index contributed by atoms with van der Waals surface area (Å²) in [5, 5.41) is 3.31. The predicted molar refractivity (Wildman–Crippen MR) is 123 cm³/mol. The summed E-state index contributed by atoms with van der Waals surface area (Å²) >= 11 is 0. The number of benzene rings is 2. The molecule has 194 valence electrons. The summed E-state index contributed by atoms with van der Waals surface area (Å²) in [4.78, 5) is 8.72. The molecule has 11 heteroatoms. The van der Waals surface area contributed by atoms with Crippen LogP contribution in [-0.2, 0) is 17.5 Å². The Bertz CT molecular complexity index is 1260. The maximum Gasteiger partial charge on any atom is 0.419 e. The first kappa shape index (κ1) is 25.9. The molecular formula is C25H26F5N3O3. The van der Waals surface area contributed by atoms with Gasteiger partial charge >= 0.3 is 6.18 Å². The minimum atomic E-state index is -5.03. The second-order valence-corrected chi connectivity index (χ2v) is 8.99. The van der Waals surface area contributed by atoms with Crippen molar-refractivity contribution in [1.82, 2.24) is 9.97 Å². The van der Waals surface area contributed by atoms with E-state index >= 15 is 0 Å². The van der Waals surface area contributed by atoms with Crippen LogP contribution < -0.4 is 14.8 Å². The van der Waals surface area contributed by atoms with E-state index in [1.165, 1.54) is 7.11 Å². The number of anilines is 1. The molecule has 0 saturated heterocycles. The number of aromatic nitrogens is 2. The second kappa shape index (κ2) is 10.0. The van der Waals surface area contributed by atoms with Crippen LogP contribution in [-0.4, -0.2) is 37.4 Å². The molecule has 0 unspecified atom stereocenters. The summed E-state index contributed by atoms with van der Waals surface area (Å²) in [6.07, 6.45) is -1.98. The Morgan fingerprint density at radius 2 is 1.75 bits per heavy atom. The molecule has 36 heavy (non-hydrogen) atoms. The monoisotopic (exact) mass is 511 g/mol. The van der Waals surface area contributed by atoms with E-state index < -0.39 is 35.5 Å². The van der Waals surface area contributed by atoms with Crippen LogP contribution in [0.2, 0.25) is 0 Å². The molecule has 0 radical (unpaired) electrons. The average molecular weight is 511 g/mol. The zero-order valence-corrected chi connectivity index (χ0v) is 20.1. The molecular weight excluding hydrogens is 485 g/mol. The quantitative estimate of drug-likeness (QED) is 0.353. The van der Waals surface area contributed by atoms with Crippen molar-refractivity contribution in [3.8, 4) is 11.5 Å². The number of halogens is 5. The summed E-state index contributed by atoms with van der Waals surface area (Å²) in [6, 6.07) is 4.19. The molecule has 1 aromatic heterocycles. The molecule has 1 heterocycles. The fourth-order valence-electron chi connectivity index (χ4n) is 4.36. The van der Waals surface area contributed by atoms with E-state index in [9.17, 15) is 22.0 Å². The Kier molecular flexibility index (Phi) is 7.21. The number of methoxy groups -OCH3 is 2. The van der Waals surface area contributed by atoms with Crippen LogP contribution in [0.1, 0.15) is 36.2 Å².